The summed E-state index contributed by atoms with van der Waals surface area (Å²) in [4.78, 5) is 63.0. The minimum absolute atomic E-state index is 0.0133. The molecule has 2 aliphatic rings. The van der Waals surface area contributed by atoms with E-state index in [9.17, 15) is 53.4 Å². The number of ether oxygens (including phenoxy) is 2. The third-order valence-corrected chi connectivity index (χ3v) is 10.0. The first kappa shape index (κ1) is 36.4. The maximum Gasteiger partial charge on any atom is 0.481 e. The average molecular weight is 743 g/mol. The van der Waals surface area contributed by atoms with E-state index in [1.807, 2.05) is 0 Å². The second kappa shape index (κ2) is 13.8. The number of carbonyl (C=O) groups excluding carboxylic acids is 1. The van der Waals surface area contributed by atoms with Gasteiger partial charge in [-0.3, -0.25) is 27.5 Å². The van der Waals surface area contributed by atoms with Gasteiger partial charge in [-0.1, -0.05) is 0 Å². The average Bonchev–Trinajstić information content (AvgIpc) is 3.64. The van der Waals surface area contributed by atoms with Crippen molar-refractivity contribution < 1.29 is 85.3 Å². The van der Waals surface area contributed by atoms with Crippen molar-refractivity contribution in [3.63, 3.8) is 0 Å². The number of anilines is 1. The highest BCUT2D eigenvalue weighted by Crippen LogP contribution is 2.60. The van der Waals surface area contributed by atoms with Crippen LogP contribution in [-0.2, 0) is 41.1 Å². The number of nitrogen functional groups attached to an aromatic ring is 1. The summed E-state index contributed by atoms with van der Waals surface area (Å²) in [5, 5.41) is 31.9. The van der Waals surface area contributed by atoms with Crippen molar-refractivity contribution in [2.24, 2.45) is 5.73 Å². The van der Waals surface area contributed by atoms with Crippen LogP contribution in [0.1, 0.15) is 22.8 Å². The number of rotatable bonds is 13. The van der Waals surface area contributed by atoms with E-state index in [0.717, 1.165) is 17.2 Å². The first-order chi connectivity index (χ1) is 22.4. The van der Waals surface area contributed by atoms with Crippen molar-refractivity contribution in [2.45, 2.75) is 49.1 Å². The number of imidazole rings is 1. The van der Waals surface area contributed by atoms with E-state index in [1.165, 1.54) is 29.1 Å². The van der Waals surface area contributed by atoms with E-state index >= 15 is 0 Å². The first-order valence-electron chi connectivity index (χ1n) is 13.3. The number of phosphoric ester groups is 2. The molecule has 2 fully saturated rings. The number of amides is 1. The topological polar surface area (TPSA) is 368 Å². The van der Waals surface area contributed by atoms with Crippen molar-refractivity contribution in [3.05, 3.63) is 42.7 Å². The van der Waals surface area contributed by atoms with Crippen molar-refractivity contribution in [1.82, 2.24) is 19.5 Å². The number of pyridine rings is 1. The van der Waals surface area contributed by atoms with Crippen molar-refractivity contribution in [2.75, 3.05) is 18.9 Å². The van der Waals surface area contributed by atoms with Gasteiger partial charge in [0.2, 0.25) is 0 Å². The number of hydrogen-bond acceptors (Lipinski definition) is 18. The molecule has 10 N–H and O–H groups in total. The van der Waals surface area contributed by atoms with Gasteiger partial charge in [-0.25, -0.2) is 28.4 Å². The zero-order valence-corrected chi connectivity index (χ0v) is 26.6. The lowest BCUT2D eigenvalue weighted by atomic mass is 10.1. The molecule has 2 saturated heterocycles. The third-order valence-electron chi connectivity index (χ3n) is 6.97. The number of fused-ring (bicyclic) bond motifs is 1. The van der Waals surface area contributed by atoms with Crippen LogP contribution in [0.3, 0.4) is 0 Å². The van der Waals surface area contributed by atoms with Crippen LogP contribution in [0.5, 0.6) is 0 Å². The highest BCUT2D eigenvalue weighted by Gasteiger charge is 2.52. The van der Waals surface area contributed by atoms with Crippen LogP contribution in [0, 0.1) is 0 Å². The number of aliphatic hydroxyl groups is 3. The summed E-state index contributed by atoms with van der Waals surface area (Å²) in [6, 6.07) is 2.77. The molecular formula is C21H28N7O17P3. The van der Waals surface area contributed by atoms with Crippen LogP contribution in [0.15, 0.2) is 37.2 Å². The Bertz CT molecular complexity index is 1800. The van der Waals surface area contributed by atoms with E-state index in [1.54, 1.807) is 0 Å². The smallest absolute Gasteiger partial charge is 0.481 e. The number of carbonyl (C=O) groups is 1. The Hall–Kier alpha value is -2.86. The molecule has 264 valence electrons. The fraction of sp³-hybridized carbons (Fsp3) is 0.476. The highest BCUT2D eigenvalue weighted by atomic mass is 31.3. The number of aliphatic hydroxyl groups excluding tert-OH is 3. The quantitative estimate of drug-likeness (QED) is 0.0621. The predicted octanol–water partition coefficient (Wildman–Crippen LogP) is -3.53. The van der Waals surface area contributed by atoms with E-state index in [0.29, 0.717) is 0 Å². The maximum atomic E-state index is 13.3. The Morgan fingerprint density at radius 1 is 1.02 bits per heavy atom. The minimum Gasteiger partial charge on any atom is -0.756 e. The van der Waals surface area contributed by atoms with Gasteiger partial charge in [0.05, 0.1) is 19.5 Å². The molecule has 27 heteroatoms. The number of hydrogen-bond donors (Lipinski definition) is 8. The van der Waals surface area contributed by atoms with Crippen LogP contribution in [0.25, 0.3) is 11.2 Å². The van der Waals surface area contributed by atoms with Crippen LogP contribution >= 0.6 is 23.5 Å². The molecule has 1 amide bonds. The number of phosphoric acid groups is 3. The van der Waals surface area contributed by atoms with Crippen molar-refractivity contribution >= 4 is 46.4 Å². The lowest BCUT2D eigenvalue weighted by Crippen LogP contribution is -2.46. The summed E-state index contributed by atoms with van der Waals surface area (Å²) in [6.07, 6.45) is -8.76. The Balaban J connectivity index is 1.32. The van der Waals surface area contributed by atoms with Crippen LogP contribution < -0.4 is 20.9 Å². The molecule has 0 radical (unpaired) electrons. The molecule has 5 heterocycles. The van der Waals surface area contributed by atoms with Crippen molar-refractivity contribution in [1.29, 1.82) is 0 Å². The Kier molecular flexibility index (Phi) is 10.5. The summed E-state index contributed by atoms with van der Waals surface area (Å²) in [7, 11) is -16.6. The van der Waals surface area contributed by atoms with E-state index in [2.05, 4.69) is 19.3 Å². The van der Waals surface area contributed by atoms with Gasteiger partial charge in [0.1, 0.15) is 47.9 Å². The van der Waals surface area contributed by atoms with Gasteiger partial charge >= 0.3 is 15.6 Å². The summed E-state index contributed by atoms with van der Waals surface area (Å²) in [5.41, 5.74) is 11.1. The SMILES string of the molecule is NC(=O)c1ccc[n+]([C@H]2O[C@H](COP(=O)(OC[C@H]3O[C@@H](n4cnc5c(N)ncnc54)[C@H](OP(=O)(O)O)[C@H]3O)OP(=O)([O-])O)[C@@H](O)[C@H]2O)c1. The Labute approximate surface area is 267 Å². The second-order valence-electron chi connectivity index (χ2n) is 10.2. The fourth-order valence-corrected chi connectivity index (χ4v) is 7.53. The monoisotopic (exact) mass is 743 g/mol. The lowest BCUT2D eigenvalue weighted by Gasteiger charge is -2.25. The van der Waals surface area contributed by atoms with Crippen LogP contribution in [0.2, 0.25) is 0 Å². The minimum atomic E-state index is -5.88. The van der Waals surface area contributed by atoms with Crippen LogP contribution in [0.4, 0.5) is 5.82 Å². The summed E-state index contributed by atoms with van der Waals surface area (Å²) < 4.78 is 69.0. The van der Waals surface area contributed by atoms with E-state index in [4.69, 9.17) is 34.5 Å². The molecule has 0 saturated carbocycles. The Morgan fingerprint density at radius 3 is 2.31 bits per heavy atom. The Morgan fingerprint density at radius 2 is 1.69 bits per heavy atom. The van der Waals surface area contributed by atoms with Gasteiger partial charge in [0.15, 0.2) is 36.2 Å². The molecule has 5 rings (SSSR count). The molecule has 0 aromatic carbocycles. The number of primary amides is 1. The summed E-state index contributed by atoms with van der Waals surface area (Å²) in [5.74, 6) is -0.878. The molecule has 2 unspecified atom stereocenters. The van der Waals surface area contributed by atoms with Crippen LogP contribution in [-0.4, -0.2) is 105 Å². The predicted molar refractivity (Wildman–Crippen MR) is 148 cm³/mol. The number of nitrogens with zero attached hydrogens (tertiary/aromatic N) is 5. The number of nitrogens with two attached hydrogens (primary N) is 2. The van der Waals surface area contributed by atoms with Gasteiger partial charge in [-0.2, -0.15) is 4.57 Å². The van der Waals surface area contributed by atoms with E-state index in [-0.39, 0.29) is 22.5 Å². The van der Waals surface area contributed by atoms with E-state index < -0.39 is 91.7 Å². The molecular weight excluding hydrogens is 715 g/mol. The molecule has 3 aromatic heterocycles. The van der Waals surface area contributed by atoms with Crippen molar-refractivity contribution in [3.8, 4) is 0 Å². The largest absolute Gasteiger partial charge is 0.756 e. The summed E-state index contributed by atoms with van der Waals surface area (Å²) >= 11 is 0. The maximum absolute atomic E-state index is 13.3. The van der Waals surface area contributed by atoms with Gasteiger partial charge in [0, 0.05) is 6.07 Å². The first-order valence-corrected chi connectivity index (χ1v) is 17.8. The molecule has 0 aliphatic carbocycles. The normalized spacial score (nSPS) is 30.3. The van der Waals surface area contributed by atoms with Gasteiger partial charge in [-0.05, 0) is 6.07 Å². The summed E-state index contributed by atoms with van der Waals surface area (Å²) in [6.45, 7) is -2.08. The highest BCUT2D eigenvalue weighted by molar-refractivity contribution is 7.60. The number of aromatic nitrogens is 5. The van der Waals surface area contributed by atoms with Gasteiger partial charge < -0.3 is 55.8 Å². The standard InChI is InChI=1S/C21H28N7O17P3/c22-17-12-19(25-7-24-17)28(8-26-12)21-16(44-46(33,34)35)14(30)11(43-21)6-41-48(39,45-47(36,37)38)40-5-10-13(29)15(31)20(42-10)27-3-1-2-9(4-27)18(23)32/h1-4,7-8,10-11,13-16,20-21,29-31H,5-6H2,(H7-,22,23,24,25,32,33,34,35,36,37,38)/t10-,11-,13-,14+,15-,16-,20+,21-,48?/m1/s1. The molecule has 24 nitrogen and oxygen atoms in total. The molecule has 3 aromatic rings. The molecule has 2 aliphatic heterocycles. The second-order valence-corrected chi connectivity index (χ2v) is 14.4. The molecule has 0 bridgehead atoms. The molecule has 48 heavy (non-hydrogen) atoms. The van der Waals surface area contributed by atoms with Gasteiger partial charge in [0.25, 0.3) is 20.0 Å². The lowest BCUT2D eigenvalue weighted by molar-refractivity contribution is -0.765. The molecule has 10 atom stereocenters. The zero-order chi connectivity index (χ0) is 35.2. The molecule has 0 spiro atoms. The third kappa shape index (κ3) is 8.12. The van der Waals surface area contributed by atoms with Gasteiger partial charge in [-0.15, -0.1) is 0 Å². The zero-order valence-electron chi connectivity index (χ0n) is 23.9. The fourth-order valence-electron chi connectivity index (χ4n) is 4.86.